The summed E-state index contributed by atoms with van der Waals surface area (Å²) in [6.07, 6.45) is 1.61. The van der Waals surface area contributed by atoms with Gasteiger partial charge in [-0.05, 0) is 23.8 Å². The van der Waals surface area contributed by atoms with Gasteiger partial charge in [-0.25, -0.2) is 4.79 Å². The summed E-state index contributed by atoms with van der Waals surface area (Å²) in [5.74, 6) is -0.265. The molecule has 0 aromatic heterocycles. The molecule has 0 aliphatic carbocycles. The van der Waals surface area contributed by atoms with Crippen molar-refractivity contribution >= 4 is 18.0 Å². The number of benzene rings is 1. The van der Waals surface area contributed by atoms with Crippen molar-refractivity contribution in [2.75, 3.05) is 20.8 Å². The van der Waals surface area contributed by atoms with Crippen molar-refractivity contribution in [2.45, 2.75) is 6.92 Å². The molecule has 0 spiro atoms. The van der Waals surface area contributed by atoms with Gasteiger partial charge in [0.05, 0.1) is 19.8 Å². The molecule has 0 aliphatic heterocycles. The van der Waals surface area contributed by atoms with Gasteiger partial charge in [0.15, 0.2) is 0 Å². The Kier molecular flexibility index (Phi) is 5.60. The number of carbonyl (C=O) groups is 2. The number of hydrogen-bond acceptors (Lipinski definition) is 5. The van der Waals surface area contributed by atoms with Gasteiger partial charge in [0.1, 0.15) is 12.4 Å². The van der Waals surface area contributed by atoms with E-state index in [1.807, 2.05) is 0 Å². The van der Waals surface area contributed by atoms with E-state index in [1.165, 1.54) is 14.0 Å². The lowest BCUT2D eigenvalue weighted by Crippen LogP contribution is -2.12. The van der Waals surface area contributed by atoms with E-state index in [1.54, 1.807) is 37.5 Å². The third-order valence-electron chi connectivity index (χ3n) is 2.34. The van der Waals surface area contributed by atoms with Gasteiger partial charge in [-0.1, -0.05) is 12.1 Å². The highest BCUT2D eigenvalue weighted by molar-refractivity contribution is 5.94. The first-order valence-electron chi connectivity index (χ1n) is 5.63. The molecule has 0 unspecified atom stereocenters. The van der Waals surface area contributed by atoms with Gasteiger partial charge < -0.3 is 14.2 Å². The predicted octanol–water partition coefficient (Wildman–Crippen LogP) is 1.81. The molecular weight excluding hydrogens is 248 g/mol. The van der Waals surface area contributed by atoms with Crippen molar-refractivity contribution in [1.82, 2.24) is 0 Å². The number of carbonyl (C=O) groups excluding carboxylic acids is 2. The fourth-order valence-electron chi connectivity index (χ4n) is 1.37. The van der Waals surface area contributed by atoms with E-state index in [0.29, 0.717) is 0 Å². The van der Waals surface area contributed by atoms with E-state index in [-0.39, 0.29) is 12.2 Å². The first-order chi connectivity index (χ1) is 9.06. The molecule has 1 aromatic carbocycles. The maximum atomic E-state index is 11.5. The monoisotopic (exact) mass is 264 g/mol. The zero-order valence-electron chi connectivity index (χ0n) is 11.1. The van der Waals surface area contributed by atoms with Crippen LogP contribution in [0.4, 0.5) is 0 Å². The number of ether oxygens (including phenoxy) is 3. The second-order valence-corrected chi connectivity index (χ2v) is 3.71. The second-order valence-electron chi connectivity index (χ2n) is 3.71. The number of rotatable bonds is 5. The lowest BCUT2D eigenvalue weighted by molar-refractivity contribution is -0.141. The van der Waals surface area contributed by atoms with Crippen LogP contribution >= 0.6 is 0 Å². The van der Waals surface area contributed by atoms with Crippen molar-refractivity contribution in [3.8, 4) is 5.75 Å². The Labute approximate surface area is 111 Å². The largest absolute Gasteiger partial charge is 0.497 e. The minimum absolute atomic E-state index is 0.117. The molecule has 0 saturated heterocycles. The zero-order chi connectivity index (χ0) is 14.3. The van der Waals surface area contributed by atoms with Crippen LogP contribution in [0.5, 0.6) is 5.75 Å². The minimum Gasteiger partial charge on any atom is -0.497 e. The fraction of sp³-hybridized carbons (Fsp3) is 0.286. The highest BCUT2D eigenvalue weighted by Gasteiger charge is 2.11. The van der Waals surface area contributed by atoms with Gasteiger partial charge in [-0.3, -0.25) is 4.79 Å². The van der Waals surface area contributed by atoms with Crippen LogP contribution in [-0.4, -0.2) is 32.8 Å². The van der Waals surface area contributed by atoms with Gasteiger partial charge in [0, 0.05) is 6.92 Å². The molecule has 1 rings (SSSR count). The molecule has 0 aliphatic rings. The molecule has 0 N–H and O–H groups in total. The van der Waals surface area contributed by atoms with Crippen LogP contribution in [-0.2, 0) is 19.1 Å². The standard InChI is InChI=1S/C14H16O5/c1-10(15)19-9-12(14(16)18-3)8-11-4-6-13(17-2)7-5-11/h4-8H,9H2,1-3H3/b12-8+. The summed E-state index contributed by atoms with van der Waals surface area (Å²) >= 11 is 0. The summed E-state index contributed by atoms with van der Waals surface area (Å²) in [6, 6.07) is 7.12. The Morgan fingerprint density at radius 1 is 1.16 bits per heavy atom. The van der Waals surface area contributed by atoms with Crippen molar-refractivity contribution in [1.29, 1.82) is 0 Å². The van der Waals surface area contributed by atoms with Crippen molar-refractivity contribution in [3.05, 3.63) is 35.4 Å². The third kappa shape index (κ3) is 4.83. The summed E-state index contributed by atoms with van der Waals surface area (Å²) in [7, 11) is 2.85. The van der Waals surface area contributed by atoms with Crippen molar-refractivity contribution < 1.29 is 23.8 Å². The number of esters is 2. The van der Waals surface area contributed by atoms with Crippen LogP contribution in [0.15, 0.2) is 29.8 Å². The molecule has 5 heteroatoms. The Hall–Kier alpha value is -2.30. The number of methoxy groups -OCH3 is 2. The molecule has 0 bridgehead atoms. The van der Waals surface area contributed by atoms with Crippen LogP contribution in [0.3, 0.4) is 0 Å². The first kappa shape index (κ1) is 14.8. The van der Waals surface area contributed by atoms with E-state index < -0.39 is 11.9 Å². The van der Waals surface area contributed by atoms with Gasteiger partial charge in [-0.2, -0.15) is 0 Å². The van der Waals surface area contributed by atoms with Crippen LogP contribution in [0, 0.1) is 0 Å². The molecule has 19 heavy (non-hydrogen) atoms. The highest BCUT2D eigenvalue weighted by Crippen LogP contribution is 2.14. The lowest BCUT2D eigenvalue weighted by atomic mass is 10.1. The molecule has 0 heterocycles. The fourth-order valence-corrected chi connectivity index (χ4v) is 1.37. The van der Waals surface area contributed by atoms with Crippen LogP contribution in [0.25, 0.3) is 6.08 Å². The molecule has 102 valence electrons. The summed E-state index contributed by atoms with van der Waals surface area (Å²) in [5.41, 5.74) is 1.05. The first-order valence-corrected chi connectivity index (χ1v) is 5.63. The molecule has 5 nitrogen and oxygen atoms in total. The topological polar surface area (TPSA) is 61.8 Å². The third-order valence-corrected chi connectivity index (χ3v) is 2.34. The molecule has 0 saturated carbocycles. The molecule has 0 fully saturated rings. The molecule has 0 atom stereocenters. The SMILES string of the molecule is COC(=O)/C(=C/c1ccc(OC)cc1)COC(C)=O. The average Bonchev–Trinajstić information content (AvgIpc) is 2.43. The second kappa shape index (κ2) is 7.20. The number of hydrogen-bond donors (Lipinski definition) is 0. The van der Waals surface area contributed by atoms with Crippen LogP contribution in [0.2, 0.25) is 0 Å². The van der Waals surface area contributed by atoms with Crippen molar-refractivity contribution in [3.63, 3.8) is 0 Å². The van der Waals surface area contributed by atoms with E-state index in [9.17, 15) is 9.59 Å². The summed E-state index contributed by atoms with van der Waals surface area (Å²) in [4.78, 5) is 22.3. The highest BCUT2D eigenvalue weighted by atomic mass is 16.5. The van der Waals surface area contributed by atoms with E-state index in [4.69, 9.17) is 9.47 Å². The molecular formula is C14H16O5. The van der Waals surface area contributed by atoms with Crippen molar-refractivity contribution in [2.24, 2.45) is 0 Å². The lowest BCUT2D eigenvalue weighted by Gasteiger charge is -2.06. The van der Waals surface area contributed by atoms with Crippen LogP contribution < -0.4 is 4.74 Å². The van der Waals surface area contributed by atoms with Gasteiger partial charge in [0.25, 0.3) is 0 Å². The maximum Gasteiger partial charge on any atom is 0.337 e. The normalized spacial score (nSPS) is 10.8. The zero-order valence-corrected chi connectivity index (χ0v) is 11.1. The van der Waals surface area contributed by atoms with E-state index in [2.05, 4.69) is 4.74 Å². The smallest absolute Gasteiger partial charge is 0.337 e. The Morgan fingerprint density at radius 3 is 2.26 bits per heavy atom. The molecule has 1 aromatic rings. The Balaban J connectivity index is 2.90. The molecule has 0 amide bonds. The predicted molar refractivity (Wildman–Crippen MR) is 69.6 cm³/mol. The Morgan fingerprint density at radius 2 is 1.79 bits per heavy atom. The van der Waals surface area contributed by atoms with Crippen LogP contribution in [0.1, 0.15) is 12.5 Å². The Bertz CT molecular complexity index is 473. The quantitative estimate of drug-likeness (QED) is 0.599. The van der Waals surface area contributed by atoms with Gasteiger partial charge in [0.2, 0.25) is 0 Å². The van der Waals surface area contributed by atoms with Gasteiger partial charge in [-0.15, -0.1) is 0 Å². The van der Waals surface area contributed by atoms with E-state index in [0.717, 1.165) is 11.3 Å². The summed E-state index contributed by atoms with van der Waals surface area (Å²) in [6.45, 7) is 1.16. The van der Waals surface area contributed by atoms with Gasteiger partial charge >= 0.3 is 11.9 Å². The summed E-state index contributed by atoms with van der Waals surface area (Å²) < 4.78 is 14.5. The average molecular weight is 264 g/mol. The van der Waals surface area contributed by atoms with E-state index >= 15 is 0 Å². The minimum atomic E-state index is -0.530. The maximum absolute atomic E-state index is 11.5. The molecule has 0 radical (unpaired) electrons. The summed E-state index contributed by atoms with van der Waals surface area (Å²) in [5, 5.41) is 0.